The number of aliphatic hydroxyl groups is 1. The highest BCUT2D eigenvalue weighted by molar-refractivity contribution is 6.31. The minimum Gasteiger partial charge on any atom is -0.496 e. The van der Waals surface area contributed by atoms with Crippen LogP contribution in [0.25, 0.3) is 0 Å². The summed E-state index contributed by atoms with van der Waals surface area (Å²) in [7, 11) is 1.53. The van der Waals surface area contributed by atoms with Crippen LogP contribution in [0.1, 0.15) is 36.0 Å². The molecule has 1 fully saturated rings. The maximum Gasteiger partial charge on any atom is 0.255 e. The maximum atomic E-state index is 12.2. The van der Waals surface area contributed by atoms with Gasteiger partial charge in [0.25, 0.3) is 5.91 Å². The fourth-order valence-electron chi connectivity index (χ4n) is 2.54. The summed E-state index contributed by atoms with van der Waals surface area (Å²) in [6.07, 6.45) is 3.37. The van der Waals surface area contributed by atoms with Crippen molar-refractivity contribution >= 4 is 17.5 Å². The van der Waals surface area contributed by atoms with Crippen LogP contribution in [0, 0.1) is 5.92 Å². The van der Waals surface area contributed by atoms with E-state index in [9.17, 15) is 9.90 Å². The number of ether oxygens (including phenoxy) is 1. The van der Waals surface area contributed by atoms with E-state index in [-0.39, 0.29) is 12.0 Å². The van der Waals surface area contributed by atoms with Crippen LogP contribution in [0.5, 0.6) is 5.75 Å². The summed E-state index contributed by atoms with van der Waals surface area (Å²) >= 11 is 5.92. The smallest absolute Gasteiger partial charge is 0.255 e. The van der Waals surface area contributed by atoms with Gasteiger partial charge in [0.05, 0.1) is 18.8 Å². The molecule has 20 heavy (non-hydrogen) atoms. The number of hydrogen-bond donors (Lipinski definition) is 2. The van der Waals surface area contributed by atoms with E-state index < -0.39 is 0 Å². The van der Waals surface area contributed by atoms with Crippen molar-refractivity contribution in [1.29, 1.82) is 0 Å². The molecule has 0 heterocycles. The van der Waals surface area contributed by atoms with Gasteiger partial charge in [-0.05, 0) is 49.8 Å². The van der Waals surface area contributed by atoms with E-state index in [1.807, 2.05) is 0 Å². The summed E-state index contributed by atoms with van der Waals surface area (Å²) in [6, 6.07) is 4.99. The molecule has 0 bridgehead atoms. The molecule has 0 atom stereocenters. The Morgan fingerprint density at radius 1 is 1.40 bits per heavy atom. The lowest BCUT2D eigenvalue weighted by atomic mass is 9.87. The van der Waals surface area contributed by atoms with Crippen LogP contribution in [-0.4, -0.2) is 30.8 Å². The van der Waals surface area contributed by atoms with Crippen molar-refractivity contribution in [1.82, 2.24) is 5.32 Å². The molecular weight excluding hydrogens is 278 g/mol. The van der Waals surface area contributed by atoms with Gasteiger partial charge in [-0.1, -0.05) is 11.6 Å². The summed E-state index contributed by atoms with van der Waals surface area (Å²) < 4.78 is 5.17. The molecule has 0 spiro atoms. The predicted molar refractivity (Wildman–Crippen MR) is 78.3 cm³/mol. The zero-order valence-electron chi connectivity index (χ0n) is 11.6. The third-order valence-electron chi connectivity index (χ3n) is 3.77. The molecule has 2 N–H and O–H groups in total. The lowest BCUT2D eigenvalue weighted by molar-refractivity contribution is 0.0907. The van der Waals surface area contributed by atoms with Gasteiger partial charge in [-0.3, -0.25) is 4.79 Å². The number of benzene rings is 1. The number of carbonyl (C=O) groups is 1. The summed E-state index contributed by atoms with van der Waals surface area (Å²) in [5.41, 5.74) is 0.454. The van der Waals surface area contributed by atoms with Gasteiger partial charge >= 0.3 is 0 Å². The molecule has 2 rings (SSSR count). The van der Waals surface area contributed by atoms with Crippen molar-refractivity contribution in [3.63, 3.8) is 0 Å². The minimum absolute atomic E-state index is 0.171. The molecule has 1 amide bonds. The lowest BCUT2D eigenvalue weighted by Crippen LogP contribution is -2.32. The van der Waals surface area contributed by atoms with Crippen molar-refractivity contribution in [3.8, 4) is 5.75 Å². The van der Waals surface area contributed by atoms with Gasteiger partial charge in [-0.25, -0.2) is 0 Å². The molecule has 1 aromatic rings. The Morgan fingerprint density at radius 2 is 2.10 bits per heavy atom. The first-order valence-corrected chi connectivity index (χ1v) is 7.27. The van der Waals surface area contributed by atoms with Crippen molar-refractivity contribution < 1.29 is 14.6 Å². The fourth-order valence-corrected chi connectivity index (χ4v) is 2.71. The van der Waals surface area contributed by atoms with Crippen molar-refractivity contribution in [2.45, 2.75) is 31.8 Å². The lowest BCUT2D eigenvalue weighted by Gasteiger charge is -2.25. The molecule has 0 radical (unpaired) electrons. The van der Waals surface area contributed by atoms with Crippen LogP contribution in [0.2, 0.25) is 5.02 Å². The van der Waals surface area contributed by atoms with E-state index in [1.165, 1.54) is 7.11 Å². The average Bonchev–Trinajstić information content (AvgIpc) is 2.46. The van der Waals surface area contributed by atoms with Gasteiger partial charge in [-0.2, -0.15) is 0 Å². The zero-order chi connectivity index (χ0) is 14.5. The van der Waals surface area contributed by atoms with Gasteiger partial charge in [0.15, 0.2) is 0 Å². The standard InChI is InChI=1S/C15H20ClNO3/c1-20-14-7-4-11(16)8-13(14)15(19)17-9-10-2-5-12(18)6-3-10/h4,7-8,10,12,18H,2-3,5-6,9H2,1H3,(H,17,19). The molecule has 4 nitrogen and oxygen atoms in total. The van der Waals surface area contributed by atoms with E-state index >= 15 is 0 Å². The minimum atomic E-state index is -0.171. The third kappa shape index (κ3) is 3.87. The number of amides is 1. The largest absolute Gasteiger partial charge is 0.496 e. The number of aliphatic hydroxyl groups excluding tert-OH is 1. The molecular formula is C15H20ClNO3. The molecule has 1 aromatic carbocycles. The fraction of sp³-hybridized carbons (Fsp3) is 0.533. The normalized spacial score (nSPS) is 22.4. The van der Waals surface area contributed by atoms with E-state index in [4.69, 9.17) is 16.3 Å². The van der Waals surface area contributed by atoms with Crippen molar-refractivity contribution in [2.75, 3.05) is 13.7 Å². The molecule has 0 unspecified atom stereocenters. The number of hydrogen-bond acceptors (Lipinski definition) is 3. The number of methoxy groups -OCH3 is 1. The highest BCUT2D eigenvalue weighted by Crippen LogP contribution is 2.25. The molecule has 5 heteroatoms. The molecule has 0 aliphatic heterocycles. The van der Waals surface area contributed by atoms with E-state index in [0.29, 0.717) is 28.8 Å². The van der Waals surface area contributed by atoms with Crippen LogP contribution < -0.4 is 10.1 Å². The molecule has 0 aromatic heterocycles. The van der Waals surface area contributed by atoms with Crippen LogP contribution in [0.3, 0.4) is 0 Å². The van der Waals surface area contributed by atoms with E-state index in [2.05, 4.69) is 5.32 Å². The molecule has 0 saturated heterocycles. The summed E-state index contributed by atoms with van der Waals surface area (Å²) in [6.45, 7) is 0.626. The second kappa shape index (κ2) is 6.95. The topological polar surface area (TPSA) is 58.6 Å². The first-order chi connectivity index (χ1) is 9.60. The van der Waals surface area contributed by atoms with Crippen LogP contribution in [0.15, 0.2) is 18.2 Å². The molecule has 1 saturated carbocycles. The second-order valence-electron chi connectivity index (χ2n) is 5.23. The quantitative estimate of drug-likeness (QED) is 0.898. The van der Waals surface area contributed by atoms with Gasteiger partial charge in [0, 0.05) is 11.6 Å². The summed E-state index contributed by atoms with van der Waals surface area (Å²) in [4.78, 5) is 12.2. The Kier molecular flexibility index (Phi) is 5.26. The third-order valence-corrected chi connectivity index (χ3v) is 4.01. The van der Waals surface area contributed by atoms with Crippen LogP contribution in [0.4, 0.5) is 0 Å². The molecule has 1 aliphatic carbocycles. The SMILES string of the molecule is COc1ccc(Cl)cc1C(=O)NCC1CCC(O)CC1. The van der Waals surface area contributed by atoms with Crippen LogP contribution in [-0.2, 0) is 0 Å². The number of carbonyl (C=O) groups excluding carboxylic acids is 1. The Labute approximate surface area is 124 Å². The van der Waals surface area contributed by atoms with Gasteiger partial charge < -0.3 is 15.2 Å². The van der Waals surface area contributed by atoms with Crippen molar-refractivity contribution in [3.05, 3.63) is 28.8 Å². The second-order valence-corrected chi connectivity index (χ2v) is 5.67. The van der Waals surface area contributed by atoms with Crippen LogP contribution >= 0.6 is 11.6 Å². The van der Waals surface area contributed by atoms with Gasteiger partial charge in [0.1, 0.15) is 5.75 Å². The monoisotopic (exact) mass is 297 g/mol. The zero-order valence-corrected chi connectivity index (χ0v) is 12.3. The van der Waals surface area contributed by atoms with E-state index in [1.54, 1.807) is 18.2 Å². The molecule has 1 aliphatic rings. The van der Waals surface area contributed by atoms with Crippen molar-refractivity contribution in [2.24, 2.45) is 5.92 Å². The first kappa shape index (κ1) is 15.1. The van der Waals surface area contributed by atoms with E-state index in [0.717, 1.165) is 25.7 Å². The Morgan fingerprint density at radius 3 is 2.75 bits per heavy atom. The van der Waals surface area contributed by atoms with Gasteiger partial charge in [-0.15, -0.1) is 0 Å². The maximum absolute atomic E-state index is 12.2. The van der Waals surface area contributed by atoms with Gasteiger partial charge in [0.2, 0.25) is 0 Å². The molecule has 110 valence electrons. The number of rotatable bonds is 4. The predicted octanol–water partition coefficient (Wildman–Crippen LogP) is 2.63. The Bertz CT molecular complexity index is 470. The highest BCUT2D eigenvalue weighted by Gasteiger charge is 2.20. The highest BCUT2D eigenvalue weighted by atomic mass is 35.5. The average molecular weight is 298 g/mol. The summed E-state index contributed by atoms with van der Waals surface area (Å²) in [5, 5.41) is 12.9. The Hall–Kier alpha value is -1.26. The summed E-state index contributed by atoms with van der Waals surface area (Å²) in [5.74, 6) is 0.786. The first-order valence-electron chi connectivity index (χ1n) is 6.90. The Balaban J connectivity index is 1.93. The number of nitrogens with one attached hydrogen (secondary N) is 1. The number of halogens is 1.